The highest BCUT2D eigenvalue weighted by atomic mass is 32.2. The second-order valence-electron chi connectivity index (χ2n) is 3.49. The van der Waals surface area contributed by atoms with Crippen molar-refractivity contribution >= 4 is 11.8 Å². The van der Waals surface area contributed by atoms with Crippen molar-refractivity contribution < 1.29 is 0 Å². The number of hydrogen-bond acceptors (Lipinski definition) is 2. The largest absolute Gasteiger partial charge is 0.314 e. The standard InChI is InChI=1S/C10H21NS/c1-2-12-9-5-8-11-10-6-3-4-7-10/h10-11H,2-9H2,1H3. The molecule has 72 valence electrons. The highest BCUT2D eigenvalue weighted by Crippen LogP contribution is 2.17. The smallest absolute Gasteiger partial charge is 0.00670 e. The first-order chi connectivity index (χ1) is 5.93. The molecular weight excluding hydrogens is 166 g/mol. The summed E-state index contributed by atoms with van der Waals surface area (Å²) in [5.41, 5.74) is 0. The van der Waals surface area contributed by atoms with Crippen LogP contribution in [-0.4, -0.2) is 24.1 Å². The summed E-state index contributed by atoms with van der Waals surface area (Å²) in [7, 11) is 0. The van der Waals surface area contributed by atoms with Crippen LogP contribution < -0.4 is 5.32 Å². The van der Waals surface area contributed by atoms with Crippen LogP contribution in [0.4, 0.5) is 0 Å². The van der Waals surface area contributed by atoms with Crippen molar-refractivity contribution in [2.45, 2.75) is 45.1 Å². The minimum atomic E-state index is 0.858. The summed E-state index contributed by atoms with van der Waals surface area (Å²) >= 11 is 2.05. The zero-order valence-electron chi connectivity index (χ0n) is 8.14. The monoisotopic (exact) mass is 187 g/mol. The summed E-state index contributed by atoms with van der Waals surface area (Å²) in [6.07, 6.45) is 7.07. The summed E-state index contributed by atoms with van der Waals surface area (Å²) < 4.78 is 0. The molecule has 0 aromatic rings. The fraction of sp³-hybridized carbons (Fsp3) is 1.00. The number of thioether (sulfide) groups is 1. The van der Waals surface area contributed by atoms with Crippen LogP contribution in [0.5, 0.6) is 0 Å². The summed E-state index contributed by atoms with van der Waals surface area (Å²) in [6, 6.07) is 0.858. The van der Waals surface area contributed by atoms with E-state index in [1.165, 1.54) is 50.2 Å². The maximum absolute atomic E-state index is 3.63. The Morgan fingerprint density at radius 3 is 2.75 bits per heavy atom. The molecule has 0 aromatic heterocycles. The van der Waals surface area contributed by atoms with E-state index in [9.17, 15) is 0 Å². The summed E-state index contributed by atoms with van der Waals surface area (Å²) in [6.45, 7) is 3.47. The maximum Gasteiger partial charge on any atom is 0.00670 e. The quantitative estimate of drug-likeness (QED) is 0.642. The van der Waals surface area contributed by atoms with Crippen LogP contribution in [0.15, 0.2) is 0 Å². The molecule has 0 spiro atoms. The second-order valence-corrected chi connectivity index (χ2v) is 4.88. The lowest BCUT2D eigenvalue weighted by atomic mass is 10.2. The van der Waals surface area contributed by atoms with Gasteiger partial charge < -0.3 is 5.32 Å². The van der Waals surface area contributed by atoms with E-state index in [1.807, 2.05) is 0 Å². The van der Waals surface area contributed by atoms with Gasteiger partial charge in [0.2, 0.25) is 0 Å². The molecule has 0 aliphatic heterocycles. The normalized spacial score (nSPS) is 18.8. The SMILES string of the molecule is CCSCCCNC1CCCC1. The van der Waals surface area contributed by atoms with Crippen molar-refractivity contribution in [3.05, 3.63) is 0 Å². The van der Waals surface area contributed by atoms with Crippen LogP contribution in [0.1, 0.15) is 39.0 Å². The first-order valence-corrected chi connectivity index (χ1v) is 6.40. The molecule has 0 heterocycles. The highest BCUT2D eigenvalue weighted by Gasteiger charge is 2.12. The van der Waals surface area contributed by atoms with Gasteiger partial charge in [0.15, 0.2) is 0 Å². The van der Waals surface area contributed by atoms with Crippen molar-refractivity contribution in [1.29, 1.82) is 0 Å². The molecule has 1 aliphatic carbocycles. The Balaban J connectivity index is 1.81. The lowest BCUT2D eigenvalue weighted by Crippen LogP contribution is -2.27. The van der Waals surface area contributed by atoms with Crippen LogP contribution in [0.3, 0.4) is 0 Å². The van der Waals surface area contributed by atoms with E-state index >= 15 is 0 Å². The van der Waals surface area contributed by atoms with Crippen molar-refractivity contribution in [2.75, 3.05) is 18.1 Å². The predicted octanol–water partition coefficient (Wildman–Crippen LogP) is 2.66. The lowest BCUT2D eigenvalue weighted by Gasteiger charge is -2.10. The average Bonchev–Trinajstić information content (AvgIpc) is 2.57. The van der Waals surface area contributed by atoms with Gasteiger partial charge in [-0.15, -0.1) is 0 Å². The van der Waals surface area contributed by atoms with Gasteiger partial charge in [-0.2, -0.15) is 11.8 Å². The molecule has 12 heavy (non-hydrogen) atoms. The summed E-state index contributed by atoms with van der Waals surface area (Å²) in [4.78, 5) is 0. The van der Waals surface area contributed by atoms with Gasteiger partial charge in [-0.05, 0) is 37.3 Å². The van der Waals surface area contributed by atoms with E-state index in [0.29, 0.717) is 0 Å². The van der Waals surface area contributed by atoms with Crippen LogP contribution in [0.2, 0.25) is 0 Å². The van der Waals surface area contributed by atoms with E-state index in [4.69, 9.17) is 0 Å². The minimum Gasteiger partial charge on any atom is -0.314 e. The maximum atomic E-state index is 3.63. The topological polar surface area (TPSA) is 12.0 Å². The van der Waals surface area contributed by atoms with E-state index < -0.39 is 0 Å². The highest BCUT2D eigenvalue weighted by molar-refractivity contribution is 7.99. The van der Waals surface area contributed by atoms with E-state index in [2.05, 4.69) is 24.0 Å². The first-order valence-electron chi connectivity index (χ1n) is 5.24. The van der Waals surface area contributed by atoms with Crippen molar-refractivity contribution in [3.63, 3.8) is 0 Å². The van der Waals surface area contributed by atoms with Gasteiger partial charge in [-0.1, -0.05) is 19.8 Å². The molecule has 0 aromatic carbocycles. The van der Waals surface area contributed by atoms with Gasteiger partial charge in [-0.25, -0.2) is 0 Å². The first kappa shape index (κ1) is 10.4. The molecule has 0 saturated heterocycles. The summed E-state index contributed by atoms with van der Waals surface area (Å²) in [5, 5.41) is 3.63. The Bertz CT molecular complexity index is 100. The number of nitrogens with one attached hydrogen (secondary N) is 1. The number of hydrogen-bond donors (Lipinski definition) is 1. The average molecular weight is 187 g/mol. The van der Waals surface area contributed by atoms with Gasteiger partial charge in [-0.3, -0.25) is 0 Å². The van der Waals surface area contributed by atoms with Crippen molar-refractivity contribution in [2.24, 2.45) is 0 Å². The fourth-order valence-electron chi connectivity index (χ4n) is 1.75. The van der Waals surface area contributed by atoms with Gasteiger partial charge >= 0.3 is 0 Å². The third-order valence-electron chi connectivity index (χ3n) is 2.46. The molecule has 0 unspecified atom stereocenters. The molecule has 1 nitrogen and oxygen atoms in total. The Hall–Kier alpha value is 0.310. The molecule has 1 fully saturated rings. The molecule has 2 heteroatoms. The van der Waals surface area contributed by atoms with Gasteiger partial charge in [0.1, 0.15) is 0 Å². The van der Waals surface area contributed by atoms with Crippen molar-refractivity contribution in [3.8, 4) is 0 Å². The summed E-state index contributed by atoms with van der Waals surface area (Å²) in [5.74, 6) is 2.60. The van der Waals surface area contributed by atoms with Crippen LogP contribution in [0.25, 0.3) is 0 Å². The minimum absolute atomic E-state index is 0.858. The number of rotatable bonds is 6. The zero-order valence-corrected chi connectivity index (χ0v) is 8.96. The molecule has 1 rings (SSSR count). The molecule has 1 aliphatic rings. The fourth-order valence-corrected chi connectivity index (χ4v) is 2.39. The molecule has 0 bridgehead atoms. The second kappa shape index (κ2) is 6.79. The Morgan fingerprint density at radius 1 is 1.33 bits per heavy atom. The molecule has 1 saturated carbocycles. The molecule has 0 amide bonds. The third-order valence-corrected chi connectivity index (χ3v) is 3.44. The molecule has 1 N–H and O–H groups in total. The van der Waals surface area contributed by atoms with E-state index in [-0.39, 0.29) is 0 Å². The van der Waals surface area contributed by atoms with Crippen LogP contribution in [-0.2, 0) is 0 Å². The van der Waals surface area contributed by atoms with E-state index in [0.717, 1.165) is 6.04 Å². The van der Waals surface area contributed by atoms with Crippen molar-refractivity contribution in [1.82, 2.24) is 5.32 Å². The molecule has 0 radical (unpaired) electrons. The zero-order chi connectivity index (χ0) is 8.65. The Labute approximate surface area is 80.7 Å². The predicted molar refractivity (Wildman–Crippen MR) is 57.9 cm³/mol. The van der Waals surface area contributed by atoms with Gasteiger partial charge in [0, 0.05) is 6.04 Å². The van der Waals surface area contributed by atoms with Crippen LogP contribution >= 0.6 is 11.8 Å². The molecular formula is C10H21NS. The van der Waals surface area contributed by atoms with Gasteiger partial charge in [0.05, 0.1) is 0 Å². The molecule has 0 atom stereocenters. The lowest BCUT2D eigenvalue weighted by molar-refractivity contribution is 0.525. The Morgan fingerprint density at radius 2 is 2.08 bits per heavy atom. The Kier molecular flexibility index (Phi) is 5.88. The van der Waals surface area contributed by atoms with Crippen LogP contribution in [0, 0.1) is 0 Å². The third kappa shape index (κ3) is 4.36. The van der Waals surface area contributed by atoms with Gasteiger partial charge in [0.25, 0.3) is 0 Å². The van der Waals surface area contributed by atoms with E-state index in [1.54, 1.807) is 0 Å².